The van der Waals surface area contributed by atoms with E-state index < -0.39 is 6.10 Å². The maximum atomic E-state index is 12.1. The third-order valence-electron chi connectivity index (χ3n) is 3.52. The van der Waals surface area contributed by atoms with Gasteiger partial charge in [0.25, 0.3) is 5.91 Å². The Morgan fingerprint density at radius 1 is 1.30 bits per heavy atom. The summed E-state index contributed by atoms with van der Waals surface area (Å²) in [5.41, 5.74) is 0. The molecule has 3 nitrogen and oxygen atoms in total. The number of carbonyl (C=O) groups is 1. The number of hydrogen-bond donors (Lipinski definition) is 1. The van der Waals surface area contributed by atoms with Crippen LogP contribution >= 0.6 is 31.9 Å². The summed E-state index contributed by atoms with van der Waals surface area (Å²) in [6.45, 7) is 1.78. The van der Waals surface area contributed by atoms with Crippen molar-refractivity contribution in [2.45, 2.75) is 51.2 Å². The Morgan fingerprint density at radius 3 is 2.65 bits per heavy atom. The van der Waals surface area contributed by atoms with Crippen molar-refractivity contribution in [3.63, 3.8) is 0 Å². The minimum atomic E-state index is -0.491. The van der Waals surface area contributed by atoms with Crippen LogP contribution in [0.4, 0.5) is 0 Å². The molecule has 1 aliphatic rings. The lowest BCUT2D eigenvalue weighted by atomic mass is 9.95. The first-order chi connectivity index (χ1) is 9.56. The number of carbonyl (C=O) groups excluding carboxylic acids is 1. The van der Waals surface area contributed by atoms with Gasteiger partial charge in [0.1, 0.15) is 5.75 Å². The van der Waals surface area contributed by atoms with E-state index in [1.807, 2.05) is 18.2 Å². The average molecular weight is 405 g/mol. The van der Waals surface area contributed by atoms with E-state index in [2.05, 4.69) is 37.2 Å². The predicted molar refractivity (Wildman–Crippen MR) is 86.9 cm³/mol. The van der Waals surface area contributed by atoms with E-state index in [1.165, 1.54) is 19.3 Å². The van der Waals surface area contributed by atoms with Crippen molar-refractivity contribution in [1.82, 2.24) is 5.32 Å². The number of ether oxygens (including phenoxy) is 1. The molecule has 0 radical (unpaired) electrons. The molecule has 0 bridgehead atoms. The van der Waals surface area contributed by atoms with Crippen molar-refractivity contribution in [3.8, 4) is 5.75 Å². The molecule has 0 unspecified atom stereocenters. The highest BCUT2D eigenvalue weighted by atomic mass is 79.9. The molecule has 0 heterocycles. The second-order valence-corrected chi connectivity index (χ2v) is 6.95. The molecule has 0 aromatic heterocycles. The monoisotopic (exact) mass is 403 g/mol. The highest BCUT2D eigenvalue weighted by Crippen LogP contribution is 2.29. The Morgan fingerprint density at radius 2 is 2.00 bits per heavy atom. The smallest absolute Gasteiger partial charge is 0.260 e. The fourth-order valence-corrected chi connectivity index (χ4v) is 3.52. The van der Waals surface area contributed by atoms with Gasteiger partial charge in [-0.25, -0.2) is 0 Å². The van der Waals surface area contributed by atoms with E-state index in [-0.39, 0.29) is 5.91 Å². The molecule has 1 aromatic carbocycles. The Bertz CT molecular complexity index is 473. The van der Waals surface area contributed by atoms with Crippen LogP contribution in [0.5, 0.6) is 5.75 Å². The van der Waals surface area contributed by atoms with Gasteiger partial charge in [-0.1, -0.05) is 35.2 Å². The lowest BCUT2D eigenvalue weighted by Crippen LogP contribution is -2.43. The summed E-state index contributed by atoms with van der Waals surface area (Å²) in [7, 11) is 0. The van der Waals surface area contributed by atoms with Crippen molar-refractivity contribution in [1.29, 1.82) is 0 Å². The van der Waals surface area contributed by atoms with E-state index in [0.29, 0.717) is 11.8 Å². The minimum absolute atomic E-state index is 0.0354. The van der Waals surface area contributed by atoms with Gasteiger partial charge in [0.2, 0.25) is 0 Å². The molecule has 20 heavy (non-hydrogen) atoms. The molecule has 1 fully saturated rings. The van der Waals surface area contributed by atoms with Crippen LogP contribution in [0.1, 0.15) is 39.0 Å². The van der Waals surface area contributed by atoms with Gasteiger partial charge in [0.15, 0.2) is 6.10 Å². The normalized spacial score (nSPS) is 17.6. The maximum Gasteiger partial charge on any atom is 0.260 e. The van der Waals surface area contributed by atoms with E-state index in [0.717, 1.165) is 21.8 Å². The molecular weight excluding hydrogens is 386 g/mol. The Balaban J connectivity index is 1.89. The van der Waals surface area contributed by atoms with Gasteiger partial charge in [-0.3, -0.25) is 4.79 Å². The second kappa shape index (κ2) is 7.46. The molecule has 110 valence electrons. The first-order valence-corrected chi connectivity index (χ1v) is 8.57. The number of nitrogens with one attached hydrogen (secondary N) is 1. The zero-order valence-corrected chi connectivity index (χ0v) is 14.7. The summed E-state index contributed by atoms with van der Waals surface area (Å²) in [6, 6.07) is 5.96. The SMILES string of the molecule is C[C@H](Oc1ccc(Br)cc1Br)C(=O)NC1CCCCC1. The Hall–Kier alpha value is -0.550. The molecule has 1 amide bonds. The molecule has 5 heteroatoms. The van der Waals surface area contributed by atoms with Gasteiger partial charge < -0.3 is 10.1 Å². The first kappa shape index (κ1) is 15.8. The number of benzene rings is 1. The Labute approximate surface area is 136 Å². The molecule has 1 atom stereocenters. The summed E-state index contributed by atoms with van der Waals surface area (Å²) in [4.78, 5) is 12.1. The van der Waals surface area contributed by atoms with Crippen molar-refractivity contribution in [2.75, 3.05) is 0 Å². The van der Waals surface area contributed by atoms with E-state index in [1.54, 1.807) is 6.92 Å². The van der Waals surface area contributed by atoms with Crippen molar-refractivity contribution < 1.29 is 9.53 Å². The maximum absolute atomic E-state index is 12.1. The zero-order chi connectivity index (χ0) is 14.5. The van der Waals surface area contributed by atoms with E-state index in [4.69, 9.17) is 4.74 Å². The van der Waals surface area contributed by atoms with Crippen LogP contribution < -0.4 is 10.1 Å². The van der Waals surface area contributed by atoms with E-state index in [9.17, 15) is 4.79 Å². The molecule has 0 saturated heterocycles. The van der Waals surface area contributed by atoms with Gasteiger partial charge in [0.05, 0.1) is 4.47 Å². The molecule has 0 aliphatic heterocycles. The van der Waals surface area contributed by atoms with Crippen molar-refractivity contribution in [3.05, 3.63) is 27.1 Å². The standard InChI is InChI=1S/C15H19Br2NO2/c1-10(15(19)18-12-5-3-2-4-6-12)20-14-8-7-11(16)9-13(14)17/h7-10,12H,2-6H2,1H3,(H,18,19)/t10-/m0/s1. The Kier molecular flexibility index (Phi) is 5.90. The highest BCUT2D eigenvalue weighted by molar-refractivity contribution is 9.11. The van der Waals surface area contributed by atoms with Crippen LogP contribution in [0.15, 0.2) is 27.1 Å². The second-order valence-electron chi connectivity index (χ2n) is 5.18. The number of rotatable bonds is 4. The fraction of sp³-hybridized carbons (Fsp3) is 0.533. The van der Waals surface area contributed by atoms with Crippen LogP contribution in [-0.4, -0.2) is 18.1 Å². The molecule has 1 N–H and O–H groups in total. The molecule has 0 spiro atoms. The fourth-order valence-electron chi connectivity index (χ4n) is 2.38. The number of amides is 1. The van der Waals surface area contributed by atoms with Crippen LogP contribution in [0.25, 0.3) is 0 Å². The molecular formula is C15H19Br2NO2. The summed E-state index contributed by atoms with van der Waals surface area (Å²) in [6.07, 6.45) is 5.37. The molecule has 1 aliphatic carbocycles. The first-order valence-electron chi connectivity index (χ1n) is 6.98. The average Bonchev–Trinajstić information content (AvgIpc) is 2.43. The quantitative estimate of drug-likeness (QED) is 0.806. The highest BCUT2D eigenvalue weighted by Gasteiger charge is 2.21. The van der Waals surface area contributed by atoms with Gasteiger partial charge in [-0.15, -0.1) is 0 Å². The summed E-state index contributed by atoms with van der Waals surface area (Å²) in [5.74, 6) is 0.645. The summed E-state index contributed by atoms with van der Waals surface area (Å²) >= 11 is 6.83. The lowest BCUT2D eigenvalue weighted by molar-refractivity contribution is -0.128. The largest absolute Gasteiger partial charge is 0.480 e. The molecule has 1 aromatic rings. The topological polar surface area (TPSA) is 38.3 Å². The van der Waals surface area contributed by atoms with Gasteiger partial charge in [0, 0.05) is 10.5 Å². The lowest BCUT2D eigenvalue weighted by Gasteiger charge is -2.24. The summed E-state index contributed by atoms with van der Waals surface area (Å²) in [5, 5.41) is 3.08. The third-order valence-corrected chi connectivity index (χ3v) is 4.63. The van der Waals surface area contributed by atoms with Gasteiger partial charge in [-0.2, -0.15) is 0 Å². The van der Waals surface area contributed by atoms with E-state index >= 15 is 0 Å². The van der Waals surface area contributed by atoms with Crippen LogP contribution in [0, 0.1) is 0 Å². The third kappa shape index (κ3) is 4.48. The van der Waals surface area contributed by atoms with Crippen LogP contribution in [0.2, 0.25) is 0 Å². The van der Waals surface area contributed by atoms with Crippen LogP contribution in [0.3, 0.4) is 0 Å². The molecule has 2 rings (SSSR count). The van der Waals surface area contributed by atoms with Crippen molar-refractivity contribution >= 4 is 37.8 Å². The van der Waals surface area contributed by atoms with Crippen LogP contribution in [-0.2, 0) is 4.79 Å². The number of hydrogen-bond acceptors (Lipinski definition) is 2. The van der Waals surface area contributed by atoms with Gasteiger partial charge in [-0.05, 0) is 53.9 Å². The predicted octanol–water partition coefficient (Wildman–Crippen LogP) is 4.43. The molecule has 1 saturated carbocycles. The van der Waals surface area contributed by atoms with Crippen molar-refractivity contribution in [2.24, 2.45) is 0 Å². The van der Waals surface area contributed by atoms with Gasteiger partial charge >= 0.3 is 0 Å². The summed E-state index contributed by atoms with van der Waals surface area (Å²) < 4.78 is 7.53. The minimum Gasteiger partial charge on any atom is -0.480 e. The number of halogens is 2. The zero-order valence-electron chi connectivity index (χ0n) is 11.5.